The minimum atomic E-state index is -3.73. The summed E-state index contributed by atoms with van der Waals surface area (Å²) in [5.41, 5.74) is 1.10. The number of rotatable bonds is 7. The zero-order valence-electron chi connectivity index (χ0n) is 16.4. The number of nitrogens with one attached hydrogen (secondary N) is 1. The van der Waals surface area contributed by atoms with E-state index in [9.17, 15) is 13.2 Å². The Morgan fingerprint density at radius 3 is 2.38 bits per heavy atom. The zero-order chi connectivity index (χ0) is 21.8. The Morgan fingerprint density at radius 2 is 1.83 bits per heavy atom. The SMILES string of the molecule is COc1ccc(CN(C(=O)Nc2ccc(Cl)cc2Cl)C(C)C)cc1OS(C)(=O)=O. The number of halogens is 2. The van der Waals surface area contributed by atoms with E-state index in [0.29, 0.717) is 21.3 Å². The Bertz CT molecular complexity index is 996. The topological polar surface area (TPSA) is 84.9 Å². The first-order valence-electron chi connectivity index (χ1n) is 8.59. The van der Waals surface area contributed by atoms with Crippen molar-refractivity contribution < 1.29 is 22.1 Å². The van der Waals surface area contributed by atoms with E-state index in [2.05, 4.69) is 5.32 Å². The quantitative estimate of drug-likeness (QED) is 0.600. The normalized spacial score (nSPS) is 11.3. The summed E-state index contributed by atoms with van der Waals surface area (Å²) in [5.74, 6) is 0.324. The van der Waals surface area contributed by atoms with E-state index in [4.69, 9.17) is 32.1 Å². The van der Waals surface area contributed by atoms with Crippen molar-refractivity contribution in [2.24, 2.45) is 0 Å². The molecule has 158 valence electrons. The predicted molar refractivity (Wildman–Crippen MR) is 115 cm³/mol. The van der Waals surface area contributed by atoms with Gasteiger partial charge >= 0.3 is 16.1 Å². The standard InChI is InChI=1S/C19H22Cl2N2O5S/c1-12(2)23(19(24)22-16-7-6-14(20)10-15(16)21)11-13-5-8-17(27-3)18(9-13)28-29(4,25)26/h5-10,12H,11H2,1-4H3,(H,22,24). The first-order chi connectivity index (χ1) is 13.5. The monoisotopic (exact) mass is 460 g/mol. The summed E-state index contributed by atoms with van der Waals surface area (Å²) in [4.78, 5) is 14.4. The number of anilines is 1. The Kier molecular flexibility index (Phi) is 7.62. The second kappa shape index (κ2) is 9.56. The molecule has 2 rings (SSSR count). The van der Waals surface area contributed by atoms with Gasteiger partial charge < -0.3 is 19.1 Å². The molecule has 2 aromatic carbocycles. The summed E-state index contributed by atoms with van der Waals surface area (Å²) in [6.45, 7) is 3.93. The molecule has 0 unspecified atom stereocenters. The molecule has 0 fully saturated rings. The van der Waals surface area contributed by atoms with Crippen molar-refractivity contribution in [3.8, 4) is 11.5 Å². The average Bonchev–Trinajstić information content (AvgIpc) is 2.60. The van der Waals surface area contributed by atoms with E-state index < -0.39 is 10.1 Å². The van der Waals surface area contributed by atoms with E-state index in [0.717, 1.165) is 6.26 Å². The van der Waals surface area contributed by atoms with Crippen LogP contribution in [0.4, 0.5) is 10.5 Å². The fourth-order valence-electron chi connectivity index (χ4n) is 2.51. The molecule has 0 aromatic heterocycles. The van der Waals surface area contributed by atoms with Gasteiger partial charge in [-0.05, 0) is 49.7 Å². The molecule has 0 aliphatic rings. The maximum Gasteiger partial charge on any atom is 0.322 e. The molecule has 0 atom stereocenters. The van der Waals surface area contributed by atoms with E-state index in [1.165, 1.54) is 19.2 Å². The molecule has 29 heavy (non-hydrogen) atoms. The summed E-state index contributed by atoms with van der Waals surface area (Å²) in [6, 6.07) is 9.10. The van der Waals surface area contributed by atoms with Crippen molar-refractivity contribution in [2.45, 2.75) is 26.4 Å². The molecule has 0 spiro atoms. The van der Waals surface area contributed by atoms with Crippen LogP contribution >= 0.6 is 23.2 Å². The lowest BCUT2D eigenvalue weighted by molar-refractivity contribution is 0.193. The molecule has 7 nitrogen and oxygen atoms in total. The van der Waals surface area contributed by atoms with Crippen LogP contribution in [0.3, 0.4) is 0 Å². The molecular formula is C19H22Cl2N2O5S. The number of hydrogen-bond acceptors (Lipinski definition) is 5. The van der Waals surface area contributed by atoms with Crippen LogP contribution in [-0.2, 0) is 16.7 Å². The molecule has 0 saturated carbocycles. The number of carbonyl (C=O) groups is 1. The largest absolute Gasteiger partial charge is 0.493 e. The van der Waals surface area contributed by atoms with E-state index in [1.54, 1.807) is 29.2 Å². The summed E-state index contributed by atoms with van der Waals surface area (Å²) in [6.07, 6.45) is 0.947. The maximum absolute atomic E-state index is 12.8. The molecule has 0 aliphatic carbocycles. The first kappa shape index (κ1) is 23.1. The highest BCUT2D eigenvalue weighted by molar-refractivity contribution is 7.86. The molecule has 0 aliphatic heterocycles. The number of amides is 2. The summed E-state index contributed by atoms with van der Waals surface area (Å²) < 4.78 is 33.1. The number of carbonyl (C=O) groups excluding carboxylic acids is 1. The van der Waals surface area contributed by atoms with Crippen LogP contribution in [-0.4, -0.2) is 38.8 Å². The highest BCUT2D eigenvalue weighted by atomic mass is 35.5. The molecular weight excluding hydrogens is 439 g/mol. The second-order valence-corrected chi connectivity index (χ2v) is 8.97. The van der Waals surface area contributed by atoms with Gasteiger partial charge in [0.2, 0.25) is 0 Å². The first-order valence-corrected chi connectivity index (χ1v) is 11.2. The number of ether oxygens (including phenoxy) is 1. The average molecular weight is 461 g/mol. The van der Waals surface area contributed by atoms with E-state index >= 15 is 0 Å². The highest BCUT2D eigenvalue weighted by Crippen LogP contribution is 2.30. The van der Waals surface area contributed by atoms with Gasteiger partial charge in [-0.15, -0.1) is 0 Å². The van der Waals surface area contributed by atoms with Crippen LogP contribution in [0.15, 0.2) is 36.4 Å². The van der Waals surface area contributed by atoms with Gasteiger partial charge in [-0.2, -0.15) is 8.42 Å². The van der Waals surface area contributed by atoms with Crippen LogP contribution in [0.1, 0.15) is 19.4 Å². The predicted octanol–water partition coefficient (Wildman–Crippen LogP) is 4.78. The van der Waals surface area contributed by atoms with Crippen LogP contribution in [0.2, 0.25) is 10.0 Å². The molecule has 10 heteroatoms. The van der Waals surface area contributed by atoms with Crippen molar-refractivity contribution >= 4 is 45.0 Å². The summed E-state index contributed by atoms with van der Waals surface area (Å²) in [7, 11) is -2.32. The van der Waals surface area contributed by atoms with Gasteiger partial charge in [-0.25, -0.2) is 4.79 Å². The fourth-order valence-corrected chi connectivity index (χ4v) is 3.42. The molecule has 0 heterocycles. The number of benzene rings is 2. The number of urea groups is 1. The Morgan fingerprint density at radius 1 is 1.14 bits per heavy atom. The fraction of sp³-hybridized carbons (Fsp3) is 0.316. The lowest BCUT2D eigenvalue weighted by Gasteiger charge is -2.27. The number of nitrogens with zero attached hydrogens (tertiary/aromatic N) is 1. The van der Waals surface area contributed by atoms with Crippen molar-refractivity contribution in [1.29, 1.82) is 0 Å². The Hall–Kier alpha value is -2.16. The van der Waals surface area contributed by atoms with Crippen molar-refractivity contribution in [1.82, 2.24) is 4.90 Å². The molecule has 0 radical (unpaired) electrons. The lowest BCUT2D eigenvalue weighted by atomic mass is 10.1. The smallest absolute Gasteiger partial charge is 0.322 e. The third-order valence-electron chi connectivity index (χ3n) is 3.88. The Balaban J connectivity index is 2.25. The van der Waals surface area contributed by atoms with E-state index in [1.807, 2.05) is 13.8 Å². The summed E-state index contributed by atoms with van der Waals surface area (Å²) >= 11 is 12.0. The minimum absolute atomic E-state index is 0.0531. The molecule has 0 bridgehead atoms. The van der Waals surface area contributed by atoms with Crippen molar-refractivity contribution in [3.05, 3.63) is 52.0 Å². The minimum Gasteiger partial charge on any atom is -0.493 e. The number of hydrogen-bond donors (Lipinski definition) is 1. The molecule has 2 aromatic rings. The second-order valence-electron chi connectivity index (χ2n) is 6.55. The van der Waals surface area contributed by atoms with Gasteiger partial charge in [-0.3, -0.25) is 0 Å². The third-order valence-corrected chi connectivity index (χ3v) is 4.91. The van der Waals surface area contributed by atoms with Crippen LogP contribution in [0.25, 0.3) is 0 Å². The summed E-state index contributed by atoms with van der Waals surface area (Å²) in [5, 5.41) is 3.54. The molecule has 2 amide bonds. The van der Waals surface area contributed by atoms with Gasteiger partial charge in [0.15, 0.2) is 11.5 Å². The van der Waals surface area contributed by atoms with Gasteiger partial charge in [-0.1, -0.05) is 29.3 Å². The van der Waals surface area contributed by atoms with Crippen LogP contribution < -0.4 is 14.2 Å². The number of methoxy groups -OCH3 is 1. The van der Waals surface area contributed by atoms with Crippen molar-refractivity contribution in [3.63, 3.8) is 0 Å². The van der Waals surface area contributed by atoms with Gasteiger partial charge in [0, 0.05) is 17.6 Å². The van der Waals surface area contributed by atoms with Gasteiger partial charge in [0.05, 0.1) is 24.1 Å². The van der Waals surface area contributed by atoms with E-state index in [-0.39, 0.29) is 30.1 Å². The highest BCUT2D eigenvalue weighted by Gasteiger charge is 2.20. The van der Waals surface area contributed by atoms with Gasteiger partial charge in [0.1, 0.15) is 0 Å². The Labute approximate surface area is 180 Å². The lowest BCUT2D eigenvalue weighted by Crippen LogP contribution is -2.39. The van der Waals surface area contributed by atoms with Crippen molar-refractivity contribution in [2.75, 3.05) is 18.7 Å². The van der Waals surface area contributed by atoms with Gasteiger partial charge in [0.25, 0.3) is 0 Å². The zero-order valence-corrected chi connectivity index (χ0v) is 18.7. The third kappa shape index (κ3) is 6.69. The molecule has 0 saturated heterocycles. The van der Waals surface area contributed by atoms with Crippen LogP contribution in [0, 0.1) is 0 Å². The maximum atomic E-state index is 12.8. The molecule has 1 N–H and O–H groups in total. The van der Waals surface area contributed by atoms with Crippen LogP contribution in [0.5, 0.6) is 11.5 Å².